The van der Waals surface area contributed by atoms with Crippen molar-refractivity contribution >= 4 is 24.0 Å². The summed E-state index contributed by atoms with van der Waals surface area (Å²) in [6.07, 6.45) is -1.31. The second kappa shape index (κ2) is 8.51. The summed E-state index contributed by atoms with van der Waals surface area (Å²) in [4.78, 5) is 15.4. The van der Waals surface area contributed by atoms with Crippen LogP contribution in [-0.4, -0.2) is 24.0 Å². The quantitative estimate of drug-likeness (QED) is 0.830. The molecule has 3 rings (SSSR count). The lowest BCUT2D eigenvalue weighted by Gasteiger charge is -2.23. The van der Waals surface area contributed by atoms with E-state index in [1.165, 1.54) is 5.56 Å². The van der Waals surface area contributed by atoms with Gasteiger partial charge in [-0.15, -0.1) is 12.4 Å². The Labute approximate surface area is 155 Å². The molecular formula is C18H19ClF3N3O. The van der Waals surface area contributed by atoms with Gasteiger partial charge in [0, 0.05) is 18.4 Å². The van der Waals surface area contributed by atoms with Crippen molar-refractivity contribution in [1.82, 2.24) is 10.3 Å². The highest BCUT2D eigenvalue weighted by atomic mass is 35.5. The molecule has 0 unspecified atom stereocenters. The molecule has 140 valence electrons. The summed E-state index contributed by atoms with van der Waals surface area (Å²) >= 11 is 0. The molecule has 26 heavy (non-hydrogen) atoms. The average Bonchev–Trinajstić information content (AvgIpc) is 2.62. The maximum atomic E-state index is 12.5. The lowest BCUT2D eigenvalue weighted by atomic mass is 9.91. The highest BCUT2D eigenvalue weighted by Crippen LogP contribution is 2.27. The predicted molar refractivity (Wildman–Crippen MR) is 95.7 cm³/mol. The molecule has 2 heterocycles. The second-order valence-corrected chi connectivity index (χ2v) is 6.05. The summed E-state index contributed by atoms with van der Waals surface area (Å²) in [6.45, 7) is 1.99. The van der Waals surface area contributed by atoms with E-state index in [0.29, 0.717) is 11.6 Å². The van der Waals surface area contributed by atoms with Crippen LogP contribution in [0.15, 0.2) is 42.6 Å². The number of hydrogen-bond donors (Lipinski definition) is 2. The van der Waals surface area contributed by atoms with Crippen LogP contribution in [0.4, 0.5) is 18.9 Å². The molecule has 0 spiro atoms. The fourth-order valence-electron chi connectivity index (χ4n) is 2.87. The molecule has 1 aliphatic heterocycles. The van der Waals surface area contributed by atoms with Crippen molar-refractivity contribution in [3.63, 3.8) is 0 Å². The smallest absolute Gasteiger partial charge is 0.322 e. The van der Waals surface area contributed by atoms with E-state index in [-0.39, 0.29) is 18.0 Å². The van der Waals surface area contributed by atoms with E-state index < -0.39 is 17.8 Å². The summed E-state index contributed by atoms with van der Waals surface area (Å²) < 4.78 is 37.5. The normalized spacial score (nSPS) is 17.3. The van der Waals surface area contributed by atoms with Crippen molar-refractivity contribution in [2.45, 2.75) is 24.9 Å². The minimum atomic E-state index is -4.52. The summed E-state index contributed by atoms with van der Waals surface area (Å²) in [5.41, 5.74) is 0.863. The number of halogens is 4. The van der Waals surface area contributed by atoms with E-state index in [0.717, 1.165) is 44.3 Å². The molecule has 1 aromatic heterocycles. The number of carbonyl (C=O) groups is 1. The molecule has 1 aliphatic rings. The zero-order valence-corrected chi connectivity index (χ0v) is 14.7. The molecular weight excluding hydrogens is 367 g/mol. The van der Waals surface area contributed by atoms with E-state index in [9.17, 15) is 18.0 Å². The fourth-order valence-corrected chi connectivity index (χ4v) is 2.87. The average molecular weight is 386 g/mol. The first-order valence-corrected chi connectivity index (χ1v) is 8.09. The van der Waals surface area contributed by atoms with E-state index in [2.05, 4.69) is 15.6 Å². The molecule has 1 atom stereocenters. The van der Waals surface area contributed by atoms with E-state index >= 15 is 0 Å². The number of benzene rings is 1. The third-order valence-electron chi connectivity index (χ3n) is 4.25. The van der Waals surface area contributed by atoms with E-state index in [1.807, 2.05) is 12.1 Å². The highest BCUT2D eigenvalue weighted by Gasteiger charge is 2.32. The van der Waals surface area contributed by atoms with Crippen LogP contribution in [0.25, 0.3) is 0 Å². The van der Waals surface area contributed by atoms with Crippen molar-refractivity contribution < 1.29 is 18.0 Å². The maximum Gasteiger partial charge on any atom is 0.433 e. The summed E-state index contributed by atoms with van der Waals surface area (Å²) in [7, 11) is 0. The summed E-state index contributed by atoms with van der Waals surface area (Å²) in [5.74, 6) is -0.0223. The number of nitrogens with one attached hydrogen (secondary N) is 2. The maximum absolute atomic E-state index is 12.5. The number of pyridine rings is 1. The first-order chi connectivity index (χ1) is 11.9. The Hall–Kier alpha value is -2.12. The number of anilines is 1. The molecule has 1 saturated heterocycles. The Kier molecular flexibility index (Phi) is 6.61. The van der Waals surface area contributed by atoms with Crippen LogP contribution in [-0.2, 0) is 6.18 Å². The number of rotatable bonds is 3. The van der Waals surface area contributed by atoms with Gasteiger partial charge in [-0.3, -0.25) is 9.78 Å². The van der Waals surface area contributed by atoms with Gasteiger partial charge in [0.1, 0.15) is 5.69 Å². The standard InChI is InChI=1S/C18H18F3N3O.ClH/c19-18(20,21)16-8-5-14(11-23-16)17(25)24-15-6-3-12(4-7-15)13-2-1-9-22-10-13;/h3-8,11,13,22H,1-2,9-10H2,(H,24,25);1H/t13-;/m1./s1. The molecule has 1 amide bonds. The molecule has 2 N–H and O–H groups in total. The minimum absolute atomic E-state index is 0. The molecule has 0 aliphatic carbocycles. The Morgan fingerprint density at radius 2 is 1.88 bits per heavy atom. The Bertz CT molecular complexity index is 727. The van der Waals surface area contributed by atoms with Crippen molar-refractivity contribution in [1.29, 1.82) is 0 Å². The zero-order valence-electron chi connectivity index (χ0n) is 13.8. The lowest BCUT2D eigenvalue weighted by molar-refractivity contribution is -0.141. The molecule has 1 aromatic carbocycles. The van der Waals surface area contributed by atoms with E-state index in [4.69, 9.17) is 0 Å². The Balaban J connectivity index is 0.00000243. The monoisotopic (exact) mass is 385 g/mol. The van der Waals surface area contributed by atoms with Gasteiger partial charge in [0.2, 0.25) is 0 Å². The van der Waals surface area contributed by atoms with Crippen molar-refractivity contribution in [2.24, 2.45) is 0 Å². The van der Waals surface area contributed by atoms with Gasteiger partial charge in [-0.1, -0.05) is 12.1 Å². The van der Waals surface area contributed by atoms with E-state index in [1.54, 1.807) is 12.1 Å². The van der Waals surface area contributed by atoms with Crippen LogP contribution in [0, 0.1) is 0 Å². The van der Waals surface area contributed by atoms with Crippen LogP contribution in [0.2, 0.25) is 0 Å². The first-order valence-electron chi connectivity index (χ1n) is 8.09. The van der Waals surface area contributed by atoms with Crippen molar-refractivity contribution in [2.75, 3.05) is 18.4 Å². The van der Waals surface area contributed by atoms with Gasteiger partial charge in [0.25, 0.3) is 5.91 Å². The SMILES string of the molecule is Cl.O=C(Nc1ccc([C@@H]2CCCNC2)cc1)c1ccc(C(F)(F)F)nc1. The third-order valence-corrected chi connectivity index (χ3v) is 4.25. The number of alkyl halides is 3. The molecule has 0 radical (unpaired) electrons. The molecule has 8 heteroatoms. The molecule has 2 aromatic rings. The fraction of sp³-hybridized carbons (Fsp3) is 0.333. The van der Waals surface area contributed by atoms with Crippen LogP contribution in [0.1, 0.15) is 40.4 Å². The Morgan fingerprint density at radius 3 is 2.42 bits per heavy atom. The lowest BCUT2D eigenvalue weighted by Crippen LogP contribution is -2.28. The largest absolute Gasteiger partial charge is 0.433 e. The number of carbonyl (C=O) groups excluding carboxylic acids is 1. The summed E-state index contributed by atoms with van der Waals surface area (Å²) in [6, 6.07) is 9.47. The number of nitrogens with zero attached hydrogens (tertiary/aromatic N) is 1. The predicted octanol–water partition coefficient (Wildman–Crippen LogP) is 4.24. The molecule has 4 nitrogen and oxygen atoms in total. The minimum Gasteiger partial charge on any atom is -0.322 e. The van der Waals surface area contributed by atoms with Gasteiger partial charge in [0.05, 0.1) is 5.56 Å². The number of amides is 1. The van der Waals surface area contributed by atoms with Gasteiger partial charge in [0.15, 0.2) is 0 Å². The number of hydrogen-bond acceptors (Lipinski definition) is 3. The van der Waals surface area contributed by atoms with Gasteiger partial charge in [-0.2, -0.15) is 13.2 Å². The first kappa shape index (κ1) is 20.2. The molecule has 0 bridgehead atoms. The topological polar surface area (TPSA) is 54.0 Å². The van der Waals surface area contributed by atoms with Crippen molar-refractivity contribution in [3.05, 3.63) is 59.4 Å². The Morgan fingerprint density at radius 1 is 1.15 bits per heavy atom. The van der Waals surface area contributed by atoms with Crippen LogP contribution < -0.4 is 10.6 Å². The second-order valence-electron chi connectivity index (χ2n) is 6.05. The highest BCUT2D eigenvalue weighted by molar-refractivity contribution is 6.04. The zero-order chi connectivity index (χ0) is 17.9. The summed E-state index contributed by atoms with van der Waals surface area (Å²) in [5, 5.41) is 6.03. The third kappa shape index (κ3) is 4.95. The molecule has 1 fully saturated rings. The van der Waals surface area contributed by atoms with Crippen molar-refractivity contribution in [3.8, 4) is 0 Å². The molecule has 0 saturated carbocycles. The van der Waals surface area contributed by atoms with Crippen LogP contribution >= 0.6 is 12.4 Å². The number of aromatic nitrogens is 1. The van der Waals surface area contributed by atoms with Gasteiger partial charge in [-0.25, -0.2) is 0 Å². The van der Waals surface area contributed by atoms with Gasteiger partial charge < -0.3 is 10.6 Å². The van der Waals surface area contributed by atoms with Crippen LogP contribution in [0.3, 0.4) is 0 Å². The van der Waals surface area contributed by atoms with Gasteiger partial charge in [-0.05, 0) is 55.1 Å². The number of piperidine rings is 1. The van der Waals surface area contributed by atoms with Crippen LogP contribution in [0.5, 0.6) is 0 Å². The van der Waals surface area contributed by atoms with Gasteiger partial charge >= 0.3 is 6.18 Å².